The molecule has 0 saturated carbocycles. The normalized spacial score (nSPS) is 10.3. The van der Waals surface area contributed by atoms with Crippen LogP contribution in [0.4, 0.5) is 10.1 Å². The first-order valence-electron chi connectivity index (χ1n) is 5.88. The number of nitrogens with two attached hydrogens (primary N) is 2. The van der Waals surface area contributed by atoms with Crippen molar-refractivity contribution >= 4 is 23.4 Å². The van der Waals surface area contributed by atoms with Gasteiger partial charge in [-0.3, -0.25) is 10.2 Å². The van der Waals surface area contributed by atoms with E-state index in [2.05, 4.69) is 5.43 Å². The van der Waals surface area contributed by atoms with E-state index in [4.69, 9.17) is 11.6 Å². The summed E-state index contributed by atoms with van der Waals surface area (Å²) in [7, 11) is 0. The number of rotatable bonds is 4. The number of nitrogens with one attached hydrogen (secondary N) is 1. The summed E-state index contributed by atoms with van der Waals surface area (Å²) >= 11 is 1.37. The highest BCUT2D eigenvalue weighted by atomic mass is 32.2. The monoisotopic (exact) mass is 291 g/mol. The Labute approximate surface area is 120 Å². The van der Waals surface area contributed by atoms with Crippen LogP contribution in [0.1, 0.15) is 15.9 Å². The predicted octanol–water partition coefficient (Wildman–Crippen LogP) is 2.30. The fourth-order valence-electron chi connectivity index (χ4n) is 1.73. The van der Waals surface area contributed by atoms with Crippen molar-refractivity contribution in [2.45, 2.75) is 10.6 Å². The third-order valence-electron chi connectivity index (χ3n) is 2.75. The summed E-state index contributed by atoms with van der Waals surface area (Å²) in [4.78, 5) is 12.3. The number of benzene rings is 2. The van der Waals surface area contributed by atoms with Crippen molar-refractivity contribution in [3.8, 4) is 0 Å². The lowest BCUT2D eigenvalue weighted by molar-refractivity contribution is 0.0953. The smallest absolute Gasteiger partial charge is 0.265 e. The molecule has 20 heavy (non-hydrogen) atoms. The quantitative estimate of drug-likeness (QED) is 0.265. The van der Waals surface area contributed by atoms with Crippen LogP contribution < -0.4 is 17.0 Å². The Kier molecular flexibility index (Phi) is 4.60. The van der Waals surface area contributed by atoms with Crippen LogP contribution in [0, 0.1) is 5.82 Å². The fraction of sp³-hybridized carbons (Fsp3) is 0.0714. The Balaban J connectivity index is 2.19. The molecule has 0 aliphatic rings. The van der Waals surface area contributed by atoms with Crippen LogP contribution in [-0.4, -0.2) is 5.91 Å². The molecule has 2 aromatic rings. The molecule has 0 radical (unpaired) electrons. The molecule has 104 valence electrons. The lowest BCUT2D eigenvalue weighted by Crippen LogP contribution is -2.30. The molecule has 0 bridgehead atoms. The van der Waals surface area contributed by atoms with Crippen molar-refractivity contribution in [3.05, 3.63) is 59.4 Å². The molecule has 5 N–H and O–H groups in total. The van der Waals surface area contributed by atoms with Crippen LogP contribution in [0.25, 0.3) is 0 Å². The third kappa shape index (κ3) is 3.28. The number of thioether (sulfide) groups is 1. The number of carbonyl (C=O) groups excluding carboxylic acids is 1. The van der Waals surface area contributed by atoms with Crippen LogP contribution in [0.5, 0.6) is 0 Å². The third-order valence-corrected chi connectivity index (χ3v) is 3.87. The second-order valence-corrected chi connectivity index (χ2v) is 5.12. The summed E-state index contributed by atoms with van der Waals surface area (Å²) in [5.41, 5.74) is 9.72. The van der Waals surface area contributed by atoms with Gasteiger partial charge in [0.05, 0.1) is 0 Å². The number of hydrazine groups is 1. The van der Waals surface area contributed by atoms with Gasteiger partial charge in [0.25, 0.3) is 5.91 Å². The number of hydrogen-bond acceptors (Lipinski definition) is 4. The molecule has 2 rings (SSSR count). The fourth-order valence-corrected chi connectivity index (χ4v) is 2.73. The summed E-state index contributed by atoms with van der Waals surface area (Å²) in [6.45, 7) is 0. The molecule has 0 fully saturated rings. The Bertz CT molecular complexity index is 634. The van der Waals surface area contributed by atoms with Crippen molar-refractivity contribution in [1.29, 1.82) is 0 Å². The van der Waals surface area contributed by atoms with Crippen LogP contribution in [0.15, 0.2) is 47.4 Å². The molecule has 0 aliphatic heterocycles. The zero-order valence-electron chi connectivity index (χ0n) is 10.6. The molecule has 0 unspecified atom stereocenters. The first kappa shape index (κ1) is 14.4. The van der Waals surface area contributed by atoms with Gasteiger partial charge in [-0.2, -0.15) is 0 Å². The highest BCUT2D eigenvalue weighted by Gasteiger charge is 2.10. The van der Waals surface area contributed by atoms with Crippen molar-refractivity contribution in [1.82, 2.24) is 5.43 Å². The average molecular weight is 291 g/mol. The van der Waals surface area contributed by atoms with Gasteiger partial charge in [-0.05, 0) is 29.8 Å². The van der Waals surface area contributed by atoms with Gasteiger partial charge in [0.15, 0.2) is 0 Å². The summed E-state index contributed by atoms with van der Waals surface area (Å²) < 4.78 is 13.2. The Hall–Kier alpha value is -2.05. The standard InChI is InChI=1S/C14H14FN3OS/c15-10-5-6-12(16)13(7-10)20-8-9-3-1-2-4-11(9)14(19)18-17/h1-7H,8,16-17H2,(H,18,19). The van der Waals surface area contributed by atoms with Gasteiger partial charge in [-0.1, -0.05) is 18.2 Å². The zero-order valence-corrected chi connectivity index (χ0v) is 11.4. The van der Waals surface area contributed by atoms with Crippen LogP contribution in [0.2, 0.25) is 0 Å². The van der Waals surface area contributed by atoms with E-state index in [1.54, 1.807) is 12.1 Å². The molecule has 4 nitrogen and oxygen atoms in total. The molecule has 0 heterocycles. The van der Waals surface area contributed by atoms with E-state index in [-0.39, 0.29) is 11.7 Å². The predicted molar refractivity (Wildman–Crippen MR) is 78.5 cm³/mol. The number of amides is 1. The van der Waals surface area contributed by atoms with Gasteiger partial charge in [-0.25, -0.2) is 10.2 Å². The van der Waals surface area contributed by atoms with Crippen LogP contribution >= 0.6 is 11.8 Å². The van der Waals surface area contributed by atoms with E-state index < -0.39 is 0 Å². The SMILES string of the molecule is NNC(=O)c1ccccc1CSc1cc(F)ccc1N. The minimum atomic E-state index is -0.353. The minimum Gasteiger partial charge on any atom is -0.398 e. The molecule has 0 atom stereocenters. The van der Waals surface area contributed by atoms with E-state index >= 15 is 0 Å². The summed E-state index contributed by atoms with van der Waals surface area (Å²) in [6, 6.07) is 11.3. The van der Waals surface area contributed by atoms with Crippen molar-refractivity contribution in [3.63, 3.8) is 0 Å². The molecule has 0 spiro atoms. The van der Waals surface area contributed by atoms with Crippen molar-refractivity contribution in [2.24, 2.45) is 5.84 Å². The first-order valence-corrected chi connectivity index (χ1v) is 6.87. The molecular weight excluding hydrogens is 277 g/mol. The van der Waals surface area contributed by atoms with Crippen LogP contribution in [0.3, 0.4) is 0 Å². The van der Waals surface area contributed by atoms with Gasteiger partial charge >= 0.3 is 0 Å². The van der Waals surface area contributed by atoms with Gasteiger partial charge in [-0.15, -0.1) is 11.8 Å². The molecule has 1 amide bonds. The van der Waals surface area contributed by atoms with Gasteiger partial charge < -0.3 is 5.73 Å². The summed E-state index contributed by atoms with van der Waals surface area (Å²) in [6.07, 6.45) is 0. The molecule has 0 saturated heterocycles. The van der Waals surface area contributed by atoms with Gasteiger partial charge in [0, 0.05) is 21.9 Å². The Morgan fingerprint density at radius 3 is 2.75 bits per heavy atom. The summed E-state index contributed by atoms with van der Waals surface area (Å²) in [5.74, 6) is 4.95. The number of carbonyl (C=O) groups is 1. The maximum atomic E-state index is 13.2. The van der Waals surface area contributed by atoms with E-state index in [9.17, 15) is 9.18 Å². The molecule has 0 aliphatic carbocycles. The van der Waals surface area contributed by atoms with Crippen molar-refractivity contribution < 1.29 is 9.18 Å². The maximum Gasteiger partial charge on any atom is 0.265 e. The second kappa shape index (κ2) is 6.40. The molecule has 0 aromatic heterocycles. The number of halogens is 1. The second-order valence-electron chi connectivity index (χ2n) is 4.10. The Morgan fingerprint density at radius 2 is 2.00 bits per heavy atom. The lowest BCUT2D eigenvalue weighted by atomic mass is 10.1. The largest absolute Gasteiger partial charge is 0.398 e. The average Bonchev–Trinajstić information content (AvgIpc) is 2.47. The lowest BCUT2D eigenvalue weighted by Gasteiger charge is -2.09. The van der Waals surface area contributed by atoms with E-state index in [0.717, 1.165) is 5.56 Å². The highest BCUT2D eigenvalue weighted by molar-refractivity contribution is 7.98. The number of anilines is 1. The highest BCUT2D eigenvalue weighted by Crippen LogP contribution is 2.29. The number of nitrogen functional groups attached to an aromatic ring is 2. The topological polar surface area (TPSA) is 81.1 Å². The van der Waals surface area contributed by atoms with Gasteiger partial charge in [0.2, 0.25) is 0 Å². The van der Waals surface area contributed by atoms with Crippen molar-refractivity contribution in [2.75, 3.05) is 5.73 Å². The summed E-state index contributed by atoms with van der Waals surface area (Å²) in [5, 5.41) is 0. The van der Waals surface area contributed by atoms with Crippen LogP contribution in [-0.2, 0) is 5.75 Å². The Morgan fingerprint density at radius 1 is 1.25 bits per heavy atom. The zero-order chi connectivity index (χ0) is 14.5. The molecular formula is C14H14FN3OS. The van der Waals surface area contributed by atoms with E-state index in [0.29, 0.717) is 21.9 Å². The molecule has 2 aromatic carbocycles. The minimum absolute atomic E-state index is 0.338. The van der Waals surface area contributed by atoms with Gasteiger partial charge in [0.1, 0.15) is 5.82 Å². The van der Waals surface area contributed by atoms with E-state index in [1.807, 2.05) is 12.1 Å². The van der Waals surface area contributed by atoms with E-state index in [1.165, 1.54) is 30.0 Å². The maximum absolute atomic E-state index is 13.2. The molecule has 6 heteroatoms. The number of hydrogen-bond donors (Lipinski definition) is 3. The first-order chi connectivity index (χ1) is 9.61.